The van der Waals surface area contributed by atoms with Crippen LogP contribution in [-0.4, -0.2) is 24.2 Å². The summed E-state index contributed by atoms with van der Waals surface area (Å²) >= 11 is 0. The molecule has 11 heteroatoms. The van der Waals surface area contributed by atoms with E-state index in [1.165, 1.54) is 38.1 Å². The lowest BCUT2D eigenvalue weighted by molar-refractivity contribution is -0.132. The van der Waals surface area contributed by atoms with Crippen LogP contribution in [0.1, 0.15) is 26.3 Å². The molecule has 0 bridgehead atoms. The Morgan fingerprint density at radius 1 is 1.03 bits per heavy atom. The molecule has 0 saturated heterocycles. The van der Waals surface area contributed by atoms with Crippen molar-refractivity contribution in [2.24, 2.45) is 5.10 Å². The van der Waals surface area contributed by atoms with Crippen molar-refractivity contribution >= 4 is 29.4 Å². The van der Waals surface area contributed by atoms with E-state index in [9.17, 15) is 31.5 Å². The maximum atomic E-state index is 14.1. The zero-order valence-corrected chi connectivity index (χ0v) is 16.9. The molecule has 1 amide bonds. The van der Waals surface area contributed by atoms with Gasteiger partial charge in [-0.15, -0.1) is 0 Å². The van der Waals surface area contributed by atoms with Crippen molar-refractivity contribution in [3.05, 3.63) is 58.4 Å². The van der Waals surface area contributed by atoms with E-state index in [1.807, 2.05) is 0 Å². The Kier molecular flexibility index (Phi) is 6.28. The Morgan fingerprint density at radius 2 is 1.62 bits per heavy atom. The maximum absolute atomic E-state index is 14.1. The van der Waals surface area contributed by atoms with E-state index in [-0.39, 0.29) is 34.4 Å². The third kappa shape index (κ3) is 4.05. The first-order valence-corrected chi connectivity index (χ1v) is 9.15. The molecule has 2 aromatic carbocycles. The van der Waals surface area contributed by atoms with Crippen LogP contribution in [0.4, 0.5) is 27.6 Å². The highest BCUT2D eigenvalue weighted by Gasteiger charge is 2.37. The van der Waals surface area contributed by atoms with Gasteiger partial charge in [0.1, 0.15) is 5.69 Å². The molecule has 0 unspecified atom stereocenters. The van der Waals surface area contributed by atoms with Crippen molar-refractivity contribution in [1.29, 1.82) is 0 Å². The predicted molar refractivity (Wildman–Crippen MR) is 104 cm³/mol. The highest BCUT2D eigenvalue weighted by Crippen LogP contribution is 2.35. The van der Waals surface area contributed by atoms with Gasteiger partial charge in [-0.05, 0) is 37.6 Å². The van der Waals surface area contributed by atoms with Gasteiger partial charge < -0.3 is 9.47 Å². The van der Waals surface area contributed by atoms with Crippen molar-refractivity contribution in [2.45, 2.75) is 20.8 Å². The Balaban J connectivity index is 2.03. The van der Waals surface area contributed by atoms with Gasteiger partial charge in [0.15, 0.2) is 34.8 Å². The number of ether oxygens (including phenoxy) is 2. The largest absolute Gasteiger partial charge is 0.490 e. The zero-order chi connectivity index (χ0) is 23.7. The number of anilines is 1. The van der Waals surface area contributed by atoms with Gasteiger partial charge in [-0.25, -0.2) is 22.0 Å². The Morgan fingerprint density at radius 3 is 2.19 bits per heavy atom. The van der Waals surface area contributed by atoms with Gasteiger partial charge in [0.2, 0.25) is 5.82 Å². The van der Waals surface area contributed by atoms with Gasteiger partial charge >= 0.3 is 5.97 Å². The number of hydrogen-bond acceptors (Lipinski definition) is 5. The van der Waals surface area contributed by atoms with Gasteiger partial charge in [0.25, 0.3) is 5.91 Å². The monoisotopic (exact) mass is 454 g/mol. The van der Waals surface area contributed by atoms with E-state index in [1.54, 1.807) is 6.92 Å². The number of rotatable bonds is 5. The van der Waals surface area contributed by atoms with E-state index < -0.39 is 46.6 Å². The second-order valence-corrected chi connectivity index (χ2v) is 6.51. The second kappa shape index (κ2) is 8.77. The van der Waals surface area contributed by atoms with Crippen LogP contribution in [0.5, 0.6) is 11.5 Å². The van der Waals surface area contributed by atoms with E-state index in [0.29, 0.717) is 5.56 Å². The van der Waals surface area contributed by atoms with Crippen LogP contribution in [0.3, 0.4) is 0 Å². The van der Waals surface area contributed by atoms with Crippen LogP contribution >= 0.6 is 0 Å². The van der Waals surface area contributed by atoms with Crippen molar-refractivity contribution in [1.82, 2.24) is 0 Å². The third-order valence-electron chi connectivity index (χ3n) is 4.29. The van der Waals surface area contributed by atoms with Crippen molar-refractivity contribution in [3.63, 3.8) is 0 Å². The normalized spacial score (nSPS) is 14.8. The minimum absolute atomic E-state index is 0.0269. The fraction of sp³-hybridized carbons (Fsp3) is 0.190. The fourth-order valence-electron chi connectivity index (χ4n) is 2.90. The number of hydrogen-bond donors (Lipinski definition) is 0. The summed E-state index contributed by atoms with van der Waals surface area (Å²) in [6, 6.07) is 4.32. The van der Waals surface area contributed by atoms with E-state index in [2.05, 4.69) is 5.10 Å². The summed E-state index contributed by atoms with van der Waals surface area (Å²) in [6.45, 7) is 4.46. The minimum atomic E-state index is -2.34. The van der Waals surface area contributed by atoms with Crippen LogP contribution in [0, 0.1) is 29.1 Å². The quantitative estimate of drug-likeness (QED) is 0.167. The van der Waals surface area contributed by atoms with Crippen LogP contribution in [0.15, 0.2) is 28.9 Å². The molecule has 3 rings (SSSR count). The Bertz CT molecular complexity index is 1160. The van der Waals surface area contributed by atoms with Crippen LogP contribution in [0.25, 0.3) is 6.08 Å². The summed E-state index contributed by atoms with van der Waals surface area (Å²) < 4.78 is 79.1. The molecule has 0 saturated carbocycles. The molecule has 1 heterocycles. The molecule has 0 fully saturated rings. The topological polar surface area (TPSA) is 68.2 Å². The van der Waals surface area contributed by atoms with Crippen molar-refractivity contribution in [3.8, 4) is 11.5 Å². The molecule has 1 aliphatic rings. The second-order valence-electron chi connectivity index (χ2n) is 6.51. The summed E-state index contributed by atoms with van der Waals surface area (Å²) in [5, 5.41) is 3.78. The van der Waals surface area contributed by atoms with E-state index in [0.717, 1.165) is 0 Å². The molecular formula is C21H15F5N2O4. The number of carbonyl (C=O) groups excluding carboxylic acids is 2. The summed E-state index contributed by atoms with van der Waals surface area (Å²) in [6.07, 6.45) is 1.29. The average Bonchev–Trinajstić information content (AvgIpc) is 3.01. The smallest absolute Gasteiger partial charge is 0.308 e. The number of halogens is 5. The first-order chi connectivity index (χ1) is 15.1. The number of esters is 1. The number of amides is 1. The maximum Gasteiger partial charge on any atom is 0.308 e. The standard InChI is InChI=1S/C21H15F5N2O4/c1-4-31-14-8-11(5-6-13(14)32-10(3)29)7-12-9(2)27-28(21(12)30)20-18(25)16(23)15(22)17(24)19(20)26/h5-8H,4H2,1-3H3/b12-7-. The van der Waals surface area contributed by atoms with Crippen LogP contribution < -0.4 is 14.5 Å². The highest BCUT2D eigenvalue weighted by molar-refractivity contribution is 6.32. The molecule has 0 radical (unpaired) electrons. The Labute approximate surface area is 178 Å². The van der Waals surface area contributed by atoms with Gasteiger partial charge in [-0.1, -0.05) is 6.07 Å². The van der Waals surface area contributed by atoms with Gasteiger partial charge in [0, 0.05) is 6.92 Å². The molecule has 6 nitrogen and oxygen atoms in total. The van der Waals surface area contributed by atoms with Crippen molar-refractivity contribution in [2.75, 3.05) is 11.6 Å². The summed E-state index contributed by atoms with van der Waals surface area (Å²) in [5.41, 5.74) is -1.30. The molecule has 0 spiro atoms. The first-order valence-electron chi connectivity index (χ1n) is 9.15. The fourth-order valence-corrected chi connectivity index (χ4v) is 2.90. The molecular weight excluding hydrogens is 439 g/mol. The molecule has 2 aromatic rings. The molecule has 0 atom stereocenters. The number of hydrazone groups is 1. The lowest BCUT2D eigenvalue weighted by Gasteiger charge is -2.15. The lowest BCUT2D eigenvalue weighted by Crippen LogP contribution is -2.25. The van der Waals surface area contributed by atoms with Crippen LogP contribution in [0.2, 0.25) is 0 Å². The van der Waals surface area contributed by atoms with Crippen molar-refractivity contribution < 1.29 is 41.0 Å². The number of benzene rings is 2. The first kappa shape index (κ1) is 22.9. The van der Waals surface area contributed by atoms with Gasteiger partial charge in [0.05, 0.1) is 17.9 Å². The molecule has 0 aromatic heterocycles. The lowest BCUT2D eigenvalue weighted by atomic mass is 10.1. The average molecular weight is 454 g/mol. The number of nitrogens with zero attached hydrogens (tertiary/aromatic N) is 2. The van der Waals surface area contributed by atoms with E-state index >= 15 is 0 Å². The number of carbonyl (C=O) groups is 2. The van der Waals surface area contributed by atoms with Gasteiger partial charge in [-0.2, -0.15) is 10.1 Å². The molecule has 0 aliphatic carbocycles. The molecule has 1 aliphatic heterocycles. The Hall–Kier alpha value is -3.76. The summed E-state index contributed by atoms with van der Waals surface area (Å²) in [5.74, 6) is -12.5. The summed E-state index contributed by atoms with van der Waals surface area (Å²) in [7, 11) is 0. The van der Waals surface area contributed by atoms with E-state index in [4.69, 9.17) is 9.47 Å². The zero-order valence-electron chi connectivity index (χ0n) is 16.9. The minimum Gasteiger partial charge on any atom is -0.490 e. The van der Waals surface area contributed by atoms with Gasteiger partial charge in [-0.3, -0.25) is 9.59 Å². The van der Waals surface area contributed by atoms with Crippen LogP contribution in [-0.2, 0) is 9.59 Å². The molecule has 168 valence electrons. The highest BCUT2D eigenvalue weighted by atomic mass is 19.2. The third-order valence-corrected chi connectivity index (χ3v) is 4.29. The summed E-state index contributed by atoms with van der Waals surface area (Å²) in [4.78, 5) is 23.9. The SMILES string of the molecule is CCOc1cc(/C=C2\C(=O)N(c3c(F)c(F)c(F)c(F)c3F)N=C2C)ccc1OC(C)=O. The molecule has 0 N–H and O–H groups in total. The molecule has 32 heavy (non-hydrogen) atoms. The predicted octanol–water partition coefficient (Wildman–Crippen LogP) is 4.51.